The third kappa shape index (κ3) is 6.74. The molecular formula is C27H31N3O5S2. The summed E-state index contributed by atoms with van der Waals surface area (Å²) in [5.41, 5.74) is 1.35. The van der Waals surface area contributed by atoms with E-state index in [2.05, 4.69) is 10.6 Å². The van der Waals surface area contributed by atoms with E-state index in [1.807, 2.05) is 36.4 Å². The quantitative estimate of drug-likeness (QED) is 0.420. The first kappa shape index (κ1) is 27.2. The molecule has 0 aromatic heterocycles. The van der Waals surface area contributed by atoms with Crippen LogP contribution < -0.4 is 10.6 Å². The fraction of sp³-hybridized carbons (Fsp3) is 0.407. The van der Waals surface area contributed by atoms with Gasteiger partial charge in [-0.25, -0.2) is 4.79 Å². The highest BCUT2D eigenvalue weighted by molar-refractivity contribution is 8.21. The Hall–Kier alpha value is -2.82. The molecule has 2 aliphatic heterocycles. The lowest BCUT2D eigenvalue weighted by atomic mass is 10.0. The van der Waals surface area contributed by atoms with Crippen molar-refractivity contribution in [2.45, 2.75) is 42.0 Å². The van der Waals surface area contributed by atoms with E-state index in [0.717, 1.165) is 17.1 Å². The van der Waals surface area contributed by atoms with Crippen molar-refractivity contribution in [2.75, 3.05) is 24.6 Å². The Bertz CT molecular complexity index is 1130. The third-order valence-electron chi connectivity index (χ3n) is 6.64. The highest BCUT2D eigenvalue weighted by atomic mass is 32.2. The van der Waals surface area contributed by atoms with E-state index in [-0.39, 0.29) is 28.2 Å². The number of carbonyl (C=O) groups excluding carboxylic acids is 3. The van der Waals surface area contributed by atoms with Gasteiger partial charge in [-0.15, -0.1) is 23.5 Å². The second-order valence-electron chi connectivity index (χ2n) is 9.28. The average molecular weight is 542 g/mol. The van der Waals surface area contributed by atoms with Crippen molar-refractivity contribution in [3.05, 3.63) is 71.8 Å². The Balaban J connectivity index is 1.40. The van der Waals surface area contributed by atoms with Gasteiger partial charge in [-0.3, -0.25) is 19.7 Å². The fourth-order valence-corrected chi connectivity index (χ4v) is 7.89. The van der Waals surface area contributed by atoms with Crippen LogP contribution in [0.5, 0.6) is 0 Å². The lowest BCUT2D eigenvalue weighted by Gasteiger charge is -2.26. The van der Waals surface area contributed by atoms with Crippen molar-refractivity contribution in [3.8, 4) is 0 Å². The number of hydrogen-bond donors (Lipinski definition) is 3. The number of aliphatic carboxylic acids is 1. The lowest BCUT2D eigenvalue weighted by molar-refractivity contribution is -0.148. The van der Waals surface area contributed by atoms with E-state index in [1.165, 1.54) is 4.90 Å². The van der Waals surface area contributed by atoms with E-state index in [0.29, 0.717) is 24.9 Å². The number of likely N-dealkylation sites (tertiary alicyclic amines) is 1. The fourth-order valence-electron chi connectivity index (χ4n) is 4.64. The number of hydrogen-bond acceptors (Lipinski definition) is 7. The van der Waals surface area contributed by atoms with Crippen molar-refractivity contribution < 1.29 is 24.3 Å². The van der Waals surface area contributed by atoms with Crippen LogP contribution in [-0.2, 0) is 20.8 Å². The molecule has 1 unspecified atom stereocenters. The number of Topliss-reactive ketones (excluding diaryl/α,β-unsaturated/α-hetero) is 1. The first-order chi connectivity index (χ1) is 17.8. The molecular weight excluding hydrogens is 510 g/mol. The van der Waals surface area contributed by atoms with Gasteiger partial charge in [0.15, 0.2) is 5.78 Å². The normalized spacial score (nSPS) is 19.9. The Morgan fingerprint density at radius 1 is 1.03 bits per heavy atom. The van der Waals surface area contributed by atoms with E-state index in [4.69, 9.17) is 0 Å². The molecule has 2 fully saturated rings. The van der Waals surface area contributed by atoms with Gasteiger partial charge in [-0.2, -0.15) is 0 Å². The van der Waals surface area contributed by atoms with Crippen molar-refractivity contribution in [1.82, 2.24) is 15.5 Å². The molecule has 2 aromatic carbocycles. The molecule has 2 aliphatic rings. The molecule has 0 bridgehead atoms. The number of carboxylic acids is 1. The molecule has 2 heterocycles. The molecule has 2 saturated heterocycles. The molecule has 0 aliphatic carbocycles. The zero-order valence-corrected chi connectivity index (χ0v) is 22.2. The molecule has 37 heavy (non-hydrogen) atoms. The predicted octanol–water partition coefficient (Wildman–Crippen LogP) is 2.44. The van der Waals surface area contributed by atoms with Gasteiger partial charge in [0.25, 0.3) is 5.91 Å². The number of amides is 2. The van der Waals surface area contributed by atoms with Gasteiger partial charge < -0.3 is 15.3 Å². The van der Waals surface area contributed by atoms with Crippen LogP contribution in [0.25, 0.3) is 0 Å². The summed E-state index contributed by atoms with van der Waals surface area (Å²) >= 11 is 3.45. The number of nitrogens with zero attached hydrogens (tertiary/aromatic N) is 1. The SMILES string of the molecule is CC(NCC(=O)[C@H](Cc1ccccc1)NC(=O)c1ccccc1)C(=O)N1CC2(C[C@H]1C(=O)O)SCCS2. The van der Waals surface area contributed by atoms with Gasteiger partial charge >= 0.3 is 5.97 Å². The number of carbonyl (C=O) groups is 4. The first-order valence-electron chi connectivity index (χ1n) is 12.3. The summed E-state index contributed by atoms with van der Waals surface area (Å²) in [5, 5.41) is 15.6. The highest BCUT2D eigenvalue weighted by Crippen LogP contribution is 2.51. The average Bonchev–Trinajstić information content (AvgIpc) is 3.54. The van der Waals surface area contributed by atoms with Crippen molar-refractivity contribution in [2.24, 2.45) is 0 Å². The number of thioether (sulfide) groups is 2. The van der Waals surface area contributed by atoms with Crippen molar-refractivity contribution in [1.29, 1.82) is 0 Å². The number of ketones is 1. The summed E-state index contributed by atoms with van der Waals surface area (Å²) in [6.07, 6.45) is 0.728. The first-order valence-corrected chi connectivity index (χ1v) is 14.2. The van der Waals surface area contributed by atoms with Gasteiger partial charge in [0.2, 0.25) is 5.91 Å². The largest absolute Gasteiger partial charge is 0.480 e. The number of benzene rings is 2. The van der Waals surface area contributed by atoms with E-state index < -0.39 is 24.1 Å². The third-order valence-corrected chi connectivity index (χ3v) is 10.1. The van der Waals surface area contributed by atoms with Crippen LogP contribution in [0.15, 0.2) is 60.7 Å². The predicted molar refractivity (Wildman–Crippen MR) is 146 cm³/mol. The summed E-state index contributed by atoms with van der Waals surface area (Å²) in [6.45, 7) is 1.88. The molecule has 3 N–H and O–H groups in total. The number of rotatable bonds is 10. The smallest absolute Gasteiger partial charge is 0.326 e. The Morgan fingerprint density at radius 3 is 2.27 bits per heavy atom. The van der Waals surface area contributed by atoms with Gasteiger partial charge in [0, 0.05) is 30.0 Å². The van der Waals surface area contributed by atoms with Crippen LogP contribution in [0.2, 0.25) is 0 Å². The molecule has 1 spiro atoms. The summed E-state index contributed by atoms with van der Waals surface area (Å²) < 4.78 is -0.267. The summed E-state index contributed by atoms with van der Waals surface area (Å²) in [6, 6.07) is 15.7. The Morgan fingerprint density at radius 2 is 1.65 bits per heavy atom. The molecule has 196 valence electrons. The van der Waals surface area contributed by atoms with Crippen LogP contribution in [0.1, 0.15) is 29.3 Å². The molecule has 4 rings (SSSR count). The Labute approximate surface area is 224 Å². The monoisotopic (exact) mass is 541 g/mol. The molecule has 0 radical (unpaired) electrons. The Kier molecular flexibility index (Phi) is 8.94. The zero-order valence-electron chi connectivity index (χ0n) is 20.6. The summed E-state index contributed by atoms with van der Waals surface area (Å²) in [4.78, 5) is 52.6. The molecule has 3 atom stereocenters. The standard InChI is InChI=1S/C27H31N3O5S2/c1-18(25(33)30-17-27(36-12-13-37-27)15-22(30)26(34)35)28-16-23(31)21(14-19-8-4-2-5-9-19)29-24(32)20-10-6-3-7-11-20/h2-11,18,21-22,28H,12-17H2,1H3,(H,29,32)(H,34,35)/t18?,21-,22-/m0/s1. The van der Waals surface area contributed by atoms with Gasteiger partial charge in [-0.1, -0.05) is 48.5 Å². The highest BCUT2D eigenvalue weighted by Gasteiger charge is 2.51. The van der Waals surface area contributed by atoms with E-state index in [9.17, 15) is 24.3 Å². The van der Waals surface area contributed by atoms with Crippen LogP contribution in [0.4, 0.5) is 0 Å². The molecule has 0 saturated carbocycles. The molecule has 2 aromatic rings. The summed E-state index contributed by atoms with van der Waals surface area (Å²) in [5.74, 6) is -0.0663. The van der Waals surface area contributed by atoms with E-state index in [1.54, 1.807) is 54.7 Å². The molecule has 2 amide bonds. The lowest BCUT2D eigenvalue weighted by Crippen LogP contribution is -2.52. The van der Waals surface area contributed by atoms with Crippen molar-refractivity contribution >= 4 is 47.1 Å². The second-order valence-corrected chi connectivity index (χ2v) is 12.5. The second kappa shape index (κ2) is 12.1. The van der Waals surface area contributed by atoms with Crippen LogP contribution >= 0.6 is 23.5 Å². The van der Waals surface area contributed by atoms with Crippen LogP contribution in [-0.4, -0.2) is 80.4 Å². The molecule has 8 nitrogen and oxygen atoms in total. The van der Waals surface area contributed by atoms with Gasteiger partial charge in [0.05, 0.1) is 22.7 Å². The minimum atomic E-state index is -1.01. The van der Waals surface area contributed by atoms with Crippen LogP contribution in [0, 0.1) is 0 Å². The topological polar surface area (TPSA) is 116 Å². The minimum absolute atomic E-state index is 0.139. The van der Waals surface area contributed by atoms with Crippen molar-refractivity contribution in [3.63, 3.8) is 0 Å². The zero-order chi connectivity index (χ0) is 26.4. The van der Waals surface area contributed by atoms with Gasteiger partial charge in [-0.05, 0) is 31.0 Å². The number of nitrogens with one attached hydrogen (secondary N) is 2. The maximum atomic E-state index is 13.2. The maximum Gasteiger partial charge on any atom is 0.326 e. The van der Waals surface area contributed by atoms with E-state index >= 15 is 0 Å². The minimum Gasteiger partial charge on any atom is -0.480 e. The number of carboxylic acid groups (broad SMARTS) is 1. The summed E-state index contributed by atoms with van der Waals surface area (Å²) in [7, 11) is 0. The van der Waals surface area contributed by atoms with Gasteiger partial charge in [0.1, 0.15) is 6.04 Å². The maximum absolute atomic E-state index is 13.2. The van der Waals surface area contributed by atoms with Crippen LogP contribution in [0.3, 0.4) is 0 Å². The molecule has 10 heteroatoms.